The van der Waals surface area contributed by atoms with Gasteiger partial charge in [0, 0.05) is 35.3 Å². The van der Waals surface area contributed by atoms with Gasteiger partial charge in [0.1, 0.15) is 18.2 Å². The highest BCUT2D eigenvalue weighted by molar-refractivity contribution is 6.30. The van der Waals surface area contributed by atoms with E-state index >= 15 is 0 Å². The van der Waals surface area contributed by atoms with Crippen LogP contribution in [0.5, 0.6) is 6.01 Å². The van der Waals surface area contributed by atoms with Crippen molar-refractivity contribution in [1.82, 2.24) is 24.4 Å². The summed E-state index contributed by atoms with van der Waals surface area (Å²) in [6, 6.07) is 12.0. The molecule has 41 heavy (non-hydrogen) atoms. The summed E-state index contributed by atoms with van der Waals surface area (Å²) >= 11 is 5.84. The molecule has 4 aromatic rings. The number of carboxylic acids is 1. The number of aromatic nitrogens is 4. The van der Waals surface area contributed by atoms with Crippen LogP contribution in [0.4, 0.5) is 4.39 Å². The van der Waals surface area contributed by atoms with Crippen LogP contribution in [-0.4, -0.2) is 60.8 Å². The average molecular weight is 580 g/mol. The third kappa shape index (κ3) is 6.05. The van der Waals surface area contributed by atoms with Gasteiger partial charge in [0.25, 0.3) is 0 Å². The molecule has 11 heteroatoms. The van der Waals surface area contributed by atoms with Crippen molar-refractivity contribution in [2.24, 2.45) is 0 Å². The van der Waals surface area contributed by atoms with Crippen LogP contribution in [0.3, 0.4) is 0 Å². The Morgan fingerprint density at radius 1 is 1.20 bits per heavy atom. The number of aromatic carboxylic acids is 1. The molecule has 1 N–H and O–H groups in total. The van der Waals surface area contributed by atoms with E-state index in [0.29, 0.717) is 23.7 Å². The van der Waals surface area contributed by atoms with E-state index in [1.54, 1.807) is 36.5 Å². The molecule has 0 amide bonds. The van der Waals surface area contributed by atoms with Crippen molar-refractivity contribution in [3.63, 3.8) is 0 Å². The first kappa shape index (κ1) is 27.6. The highest BCUT2D eigenvalue weighted by Crippen LogP contribution is 2.32. The van der Waals surface area contributed by atoms with Gasteiger partial charge in [0.2, 0.25) is 0 Å². The van der Waals surface area contributed by atoms with E-state index in [-0.39, 0.29) is 36.2 Å². The number of nitrogens with zero attached hydrogens (tertiary/aromatic N) is 5. The quantitative estimate of drug-likeness (QED) is 0.279. The number of hydrogen-bond acceptors (Lipinski definition) is 7. The molecule has 0 aliphatic carbocycles. The third-order valence-corrected chi connectivity index (χ3v) is 8.29. The van der Waals surface area contributed by atoms with Gasteiger partial charge < -0.3 is 19.1 Å². The van der Waals surface area contributed by atoms with Gasteiger partial charge in [-0.25, -0.2) is 19.2 Å². The second kappa shape index (κ2) is 11.7. The maximum absolute atomic E-state index is 14.1. The molecule has 2 aromatic carbocycles. The lowest BCUT2D eigenvalue weighted by Crippen LogP contribution is -2.40. The van der Waals surface area contributed by atoms with Crippen molar-refractivity contribution >= 4 is 28.6 Å². The first-order valence-corrected chi connectivity index (χ1v) is 14.2. The smallest absolute Gasteiger partial charge is 0.335 e. The maximum Gasteiger partial charge on any atom is 0.335 e. The Morgan fingerprint density at radius 2 is 2.05 bits per heavy atom. The fraction of sp³-hybridized carbons (Fsp3) is 0.400. The Bertz CT molecular complexity index is 1580. The lowest BCUT2D eigenvalue weighted by molar-refractivity contribution is -0.0592. The molecule has 3 atom stereocenters. The zero-order chi connectivity index (χ0) is 28.5. The fourth-order valence-corrected chi connectivity index (χ4v) is 5.76. The number of fused-ring (bicyclic) bond motifs is 1. The fourth-order valence-electron chi connectivity index (χ4n) is 5.60. The highest BCUT2D eigenvalue weighted by Gasteiger charge is 2.30. The van der Waals surface area contributed by atoms with Crippen LogP contribution in [0.25, 0.3) is 11.0 Å². The van der Waals surface area contributed by atoms with Gasteiger partial charge >= 0.3 is 12.0 Å². The van der Waals surface area contributed by atoms with Crippen molar-refractivity contribution in [3.8, 4) is 6.01 Å². The van der Waals surface area contributed by atoms with Gasteiger partial charge in [0.15, 0.2) is 0 Å². The van der Waals surface area contributed by atoms with Crippen LogP contribution in [0.2, 0.25) is 5.02 Å². The molecule has 0 saturated carbocycles. The minimum absolute atomic E-state index is 0.0160. The van der Waals surface area contributed by atoms with Gasteiger partial charge in [-0.15, -0.1) is 0 Å². The van der Waals surface area contributed by atoms with E-state index in [1.807, 2.05) is 6.07 Å². The van der Waals surface area contributed by atoms with E-state index in [4.69, 9.17) is 26.1 Å². The number of benzene rings is 2. The van der Waals surface area contributed by atoms with Crippen LogP contribution in [0.1, 0.15) is 59.5 Å². The van der Waals surface area contributed by atoms with Crippen LogP contribution >= 0.6 is 11.6 Å². The second-order valence-corrected chi connectivity index (χ2v) is 11.2. The summed E-state index contributed by atoms with van der Waals surface area (Å²) in [7, 11) is 0. The predicted molar refractivity (Wildman–Crippen MR) is 151 cm³/mol. The molecule has 214 valence electrons. The minimum atomic E-state index is -0.952. The molecule has 0 radical (unpaired) electrons. The van der Waals surface area contributed by atoms with Crippen LogP contribution < -0.4 is 4.74 Å². The van der Waals surface area contributed by atoms with Crippen molar-refractivity contribution in [1.29, 1.82) is 0 Å². The lowest BCUT2D eigenvalue weighted by Gasteiger charge is -2.37. The van der Waals surface area contributed by atoms with E-state index < -0.39 is 11.8 Å². The topological polar surface area (TPSA) is 103 Å². The number of ether oxygens (including phenoxy) is 2. The Balaban J connectivity index is 1.14. The van der Waals surface area contributed by atoms with Crippen molar-refractivity contribution in [3.05, 3.63) is 82.1 Å². The molecule has 2 aliphatic heterocycles. The maximum atomic E-state index is 14.1. The summed E-state index contributed by atoms with van der Waals surface area (Å²) in [5.74, 6) is -0.229. The molecule has 1 unspecified atom stereocenters. The third-order valence-electron chi connectivity index (χ3n) is 8.06. The molecule has 0 spiro atoms. The van der Waals surface area contributed by atoms with Gasteiger partial charge in [-0.2, -0.15) is 4.98 Å². The van der Waals surface area contributed by atoms with E-state index in [0.717, 1.165) is 55.0 Å². The predicted octanol–water partition coefficient (Wildman–Crippen LogP) is 5.45. The molecule has 2 aromatic heterocycles. The zero-order valence-electron chi connectivity index (χ0n) is 22.7. The van der Waals surface area contributed by atoms with Crippen LogP contribution in [-0.2, 0) is 24.4 Å². The number of carbonyl (C=O) groups is 1. The second-order valence-electron chi connectivity index (χ2n) is 10.8. The average Bonchev–Trinajstić information content (AvgIpc) is 3.27. The van der Waals surface area contributed by atoms with Gasteiger partial charge in [0.05, 0.1) is 41.5 Å². The molecule has 9 nitrogen and oxygen atoms in total. The lowest BCUT2D eigenvalue weighted by atomic mass is 9.89. The SMILES string of the molecule is C[C@H]1CC(c2ccnc(OCc3ccc(Cl)cc3F)n2)CCN1Cc1nc2ccc(C(=O)O)cc2n1C[C@@H]1CCO1. The highest BCUT2D eigenvalue weighted by atomic mass is 35.5. The number of hydrogen-bond donors (Lipinski definition) is 1. The van der Waals surface area contributed by atoms with Crippen LogP contribution in [0, 0.1) is 5.82 Å². The molecule has 4 heterocycles. The van der Waals surface area contributed by atoms with E-state index in [9.17, 15) is 14.3 Å². The normalized spacial score (nSPS) is 21.1. The Hall–Kier alpha value is -3.60. The molecule has 6 rings (SSSR count). The number of rotatable bonds is 9. The van der Waals surface area contributed by atoms with Crippen molar-refractivity contribution < 1.29 is 23.8 Å². The molecule has 2 fully saturated rings. The Morgan fingerprint density at radius 3 is 2.78 bits per heavy atom. The van der Waals surface area contributed by atoms with Crippen molar-refractivity contribution in [2.45, 2.75) is 63.9 Å². The molecular formula is C30H31ClFN5O4. The Labute approximate surface area is 241 Å². The first-order chi connectivity index (χ1) is 19.8. The number of likely N-dealkylation sites (tertiary alicyclic amines) is 1. The monoisotopic (exact) mass is 579 g/mol. The van der Waals surface area contributed by atoms with Gasteiger partial charge in [-0.05, 0) is 69.1 Å². The number of imidazole rings is 1. The zero-order valence-corrected chi connectivity index (χ0v) is 23.4. The molecular weight excluding hydrogens is 549 g/mol. The molecule has 2 aliphatic rings. The van der Waals surface area contributed by atoms with Gasteiger partial charge in [-0.1, -0.05) is 17.7 Å². The van der Waals surface area contributed by atoms with E-state index in [2.05, 4.69) is 26.4 Å². The Kier molecular flexibility index (Phi) is 7.88. The van der Waals surface area contributed by atoms with Gasteiger partial charge in [-0.3, -0.25) is 4.90 Å². The molecule has 0 bridgehead atoms. The largest absolute Gasteiger partial charge is 0.478 e. The molecule has 2 saturated heterocycles. The first-order valence-electron chi connectivity index (χ1n) is 13.8. The van der Waals surface area contributed by atoms with Crippen molar-refractivity contribution in [2.75, 3.05) is 13.2 Å². The summed E-state index contributed by atoms with van der Waals surface area (Å²) in [6.07, 6.45) is 4.59. The number of piperidine rings is 1. The number of carboxylic acid groups (broad SMARTS) is 1. The van der Waals surface area contributed by atoms with E-state index in [1.165, 1.54) is 6.07 Å². The summed E-state index contributed by atoms with van der Waals surface area (Å²) in [6.45, 7) is 5.14. The standard InChI is InChI=1S/C30H31ClFN5O4/c1-18-12-19(25-6-9-33-30(35-25)41-17-21-2-4-22(31)14-24(21)32)7-10-36(18)16-28-34-26-5-3-20(29(38)39)13-27(26)37(28)15-23-8-11-40-23/h2-6,9,13-14,18-19,23H,7-8,10-12,15-17H2,1H3,(H,38,39)/t18-,19?,23-/m0/s1. The minimum Gasteiger partial charge on any atom is -0.478 e. The van der Waals surface area contributed by atoms with Crippen LogP contribution in [0.15, 0.2) is 48.7 Å². The summed E-state index contributed by atoms with van der Waals surface area (Å²) < 4.78 is 27.7. The summed E-state index contributed by atoms with van der Waals surface area (Å²) in [4.78, 5) is 27.8. The summed E-state index contributed by atoms with van der Waals surface area (Å²) in [5, 5.41) is 9.85. The summed E-state index contributed by atoms with van der Waals surface area (Å²) in [5.41, 5.74) is 3.16. The number of halogens is 2.